The molecule has 5 fully saturated rings. The van der Waals surface area contributed by atoms with E-state index in [-0.39, 0.29) is 45.5 Å². The molecule has 3 aliphatic heterocycles. The molecular formula is C31H41Cl2N7O8. The summed E-state index contributed by atoms with van der Waals surface area (Å²) in [6.07, 6.45) is 9.35. The first-order valence-electron chi connectivity index (χ1n) is 16.4. The lowest BCUT2D eigenvalue weighted by Gasteiger charge is -2.28. The van der Waals surface area contributed by atoms with Crippen LogP contribution in [0.5, 0.6) is 0 Å². The predicted octanol–water partition coefficient (Wildman–Crippen LogP) is 2.77. The Bertz CT molecular complexity index is 1620. The van der Waals surface area contributed by atoms with Crippen molar-refractivity contribution in [3.05, 3.63) is 43.1 Å². The van der Waals surface area contributed by atoms with Crippen LogP contribution in [-0.4, -0.2) is 94.8 Å². The highest BCUT2D eigenvalue weighted by atomic mass is 35.5. The van der Waals surface area contributed by atoms with Gasteiger partial charge in [-0.3, -0.25) is 14.4 Å². The maximum Gasteiger partial charge on any atom is 0.407 e. The number of aliphatic hydroxyl groups is 1. The summed E-state index contributed by atoms with van der Waals surface area (Å²) in [5, 5.41) is 23.1. The molecule has 48 heavy (non-hydrogen) atoms. The number of halogens is 2. The number of alkyl carbamates (subject to hydrolysis) is 1. The minimum Gasteiger partial charge on any atom is -0.469 e. The molecule has 17 heteroatoms. The van der Waals surface area contributed by atoms with Crippen LogP contribution < -0.4 is 26.2 Å². The highest BCUT2D eigenvalue weighted by Crippen LogP contribution is 2.57. The monoisotopic (exact) mass is 709 g/mol. The van der Waals surface area contributed by atoms with E-state index in [9.17, 15) is 24.3 Å². The van der Waals surface area contributed by atoms with Crippen molar-refractivity contribution >= 4 is 46.6 Å². The van der Waals surface area contributed by atoms with Gasteiger partial charge in [-0.25, -0.2) is 9.89 Å². The van der Waals surface area contributed by atoms with Crippen LogP contribution in [0.15, 0.2) is 22.0 Å². The summed E-state index contributed by atoms with van der Waals surface area (Å²) in [7, 11) is 1.41. The molecule has 15 nitrogen and oxygen atoms in total. The second-order valence-electron chi connectivity index (χ2n) is 13.3. The van der Waals surface area contributed by atoms with Gasteiger partial charge in [-0.2, -0.15) is 14.9 Å². The summed E-state index contributed by atoms with van der Waals surface area (Å²) in [4.78, 5) is 52.3. The normalized spacial score (nSPS) is 29.4. The third-order valence-electron chi connectivity index (χ3n) is 10.2. The third kappa shape index (κ3) is 7.00. The van der Waals surface area contributed by atoms with Crippen molar-refractivity contribution in [1.29, 1.82) is 0 Å². The van der Waals surface area contributed by atoms with Gasteiger partial charge in [-0.05, 0) is 57.8 Å². The lowest BCUT2D eigenvalue weighted by Crippen LogP contribution is -2.46. The number of anilines is 2. The zero-order chi connectivity index (χ0) is 34.1. The fourth-order valence-electron chi connectivity index (χ4n) is 7.64. The third-order valence-corrected chi connectivity index (χ3v) is 10.9. The fraction of sp³-hybridized carbons (Fsp3) is 0.677. The highest BCUT2D eigenvalue weighted by molar-refractivity contribution is 6.33. The number of ether oxygens (including phenoxy) is 3. The number of carbonyl (C=O) groups excluding carboxylic acids is 2. The van der Waals surface area contributed by atoms with Crippen LogP contribution >= 0.6 is 23.2 Å². The number of esters is 1. The molecule has 1 amide bonds. The molecule has 2 aliphatic carbocycles. The van der Waals surface area contributed by atoms with Gasteiger partial charge in [0.15, 0.2) is 6.23 Å². The maximum atomic E-state index is 12.5. The first-order chi connectivity index (χ1) is 23.0. The summed E-state index contributed by atoms with van der Waals surface area (Å²) in [5.74, 6) is -0.184. The number of aromatic amines is 1. The number of hydrogen-bond donors (Lipinski definition) is 3. The number of carbonyl (C=O) groups is 2. The zero-order valence-electron chi connectivity index (χ0n) is 26.8. The number of rotatable bonds is 6. The van der Waals surface area contributed by atoms with Gasteiger partial charge in [0, 0.05) is 38.2 Å². The Kier molecular flexibility index (Phi) is 10.2. The largest absolute Gasteiger partial charge is 0.469 e. The second-order valence-corrected chi connectivity index (χ2v) is 14.1. The van der Waals surface area contributed by atoms with Crippen LogP contribution in [0.1, 0.15) is 70.4 Å². The molecule has 0 aromatic carbocycles. The van der Waals surface area contributed by atoms with E-state index in [0.29, 0.717) is 63.4 Å². The molecule has 0 radical (unpaired) electrons. The van der Waals surface area contributed by atoms with Crippen LogP contribution in [-0.2, 0) is 19.0 Å². The van der Waals surface area contributed by atoms with E-state index in [0.717, 1.165) is 44.9 Å². The highest BCUT2D eigenvalue weighted by Gasteiger charge is 2.59. The first-order valence-corrected chi connectivity index (χ1v) is 17.2. The molecule has 5 aliphatic rings. The number of hydrogen-bond acceptors (Lipinski definition) is 12. The molecule has 262 valence electrons. The molecule has 3 N–H and O–H groups in total. The molecule has 2 bridgehead atoms. The van der Waals surface area contributed by atoms with Crippen molar-refractivity contribution in [2.45, 2.75) is 88.2 Å². The Balaban J connectivity index is 0.000000177. The number of aromatic nitrogens is 4. The van der Waals surface area contributed by atoms with Gasteiger partial charge in [0.25, 0.3) is 11.1 Å². The van der Waals surface area contributed by atoms with Crippen LogP contribution in [0, 0.1) is 5.41 Å². The molecule has 5 heterocycles. The average molecular weight is 711 g/mol. The molecule has 1 unspecified atom stereocenters. The van der Waals surface area contributed by atoms with Crippen LogP contribution in [0.25, 0.3) is 0 Å². The van der Waals surface area contributed by atoms with Crippen molar-refractivity contribution in [3.8, 4) is 0 Å². The maximum absolute atomic E-state index is 12.5. The van der Waals surface area contributed by atoms with Crippen LogP contribution in [0.4, 0.5) is 16.2 Å². The Morgan fingerprint density at radius 1 is 1.02 bits per heavy atom. The van der Waals surface area contributed by atoms with Crippen molar-refractivity contribution in [1.82, 2.24) is 25.3 Å². The van der Waals surface area contributed by atoms with Crippen molar-refractivity contribution in [3.63, 3.8) is 0 Å². The van der Waals surface area contributed by atoms with Crippen molar-refractivity contribution in [2.75, 3.05) is 49.7 Å². The lowest BCUT2D eigenvalue weighted by atomic mass is 9.84. The van der Waals surface area contributed by atoms with Crippen LogP contribution in [0.2, 0.25) is 10.0 Å². The minimum absolute atomic E-state index is 0.0788. The second kappa shape index (κ2) is 14.2. The van der Waals surface area contributed by atoms with E-state index >= 15 is 0 Å². The van der Waals surface area contributed by atoms with Gasteiger partial charge in [0.05, 0.1) is 48.9 Å². The minimum atomic E-state index is -0.468. The molecule has 2 aromatic rings. The predicted molar refractivity (Wildman–Crippen MR) is 176 cm³/mol. The quantitative estimate of drug-likeness (QED) is 0.374. The number of H-pyrrole nitrogens is 1. The summed E-state index contributed by atoms with van der Waals surface area (Å²) in [5.41, 5.74) is -0.487. The van der Waals surface area contributed by atoms with E-state index in [1.54, 1.807) is 6.20 Å². The van der Waals surface area contributed by atoms with Crippen LogP contribution in [0.3, 0.4) is 0 Å². The number of nitrogens with zero attached hydrogens (tertiary/aromatic N) is 5. The topological polar surface area (TPSA) is 181 Å². The Hall–Kier alpha value is -3.40. The van der Waals surface area contributed by atoms with Gasteiger partial charge in [0.1, 0.15) is 16.1 Å². The number of fused-ring (bicyclic) bond motifs is 2. The number of amides is 1. The summed E-state index contributed by atoms with van der Waals surface area (Å²) in [6.45, 7) is 2.88. The summed E-state index contributed by atoms with van der Waals surface area (Å²) < 4.78 is 17.5. The number of nitrogens with one attached hydrogen (secondary N) is 2. The van der Waals surface area contributed by atoms with Gasteiger partial charge in [0.2, 0.25) is 0 Å². The fourth-order valence-corrected chi connectivity index (χ4v) is 8.11. The van der Waals surface area contributed by atoms with E-state index in [2.05, 4.69) is 20.6 Å². The zero-order valence-corrected chi connectivity index (χ0v) is 28.3. The van der Waals surface area contributed by atoms with Gasteiger partial charge >= 0.3 is 12.1 Å². The van der Waals surface area contributed by atoms with E-state index < -0.39 is 17.1 Å². The molecule has 2 saturated carbocycles. The molecule has 3 atom stereocenters. The first kappa shape index (κ1) is 34.5. The molecule has 0 spiro atoms. The van der Waals surface area contributed by atoms with Gasteiger partial charge in [-0.1, -0.05) is 23.2 Å². The van der Waals surface area contributed by atoms with E-state index in [1.807, 2.05) is 9.80 Å². The standard InChI is InChI=1S/C18H23ClN4O5.C13H18ClN3O3/c1-27-15(25)17-3-5-18(10-17,6-4-17)21-16(26)28-11-2-7-23(9-11)12-8-20-22-14(24)13(12)19;14-12-10(16-5-4-9(18)8-16)7-15-17(13(12)19)11-3-1-2-6-20-11/h8,11H,2-7,9-10H2,1H3,(H,21,26)(H,22,24);7,9,11,18H,1-6,8H2/t11-,17?,18?;9-,11?/m11/s1. The Morgan fingerprint density at radius 3 is 2.44 bits per heavy atom. The molecule has 7 rings (SSSR count). The number of aliphatic hydroxyl groups excluding tert-OH is 1. The number of methoxy groups -OCH3 is 1. The molecule has 2 aromatic heterocycles. The smallest absolute Gasteiger partial charge is 0.407 e. The van der Waals surface area contributed by atoms with E-state index in [1.165, 1.54) is 18.0 Å². The van der Waals surface area contributed by atoms with E-state index in [4.69, 9.17) is 37.4 Å². The Labute approximate surface area is 286 Å². The van der Waals surface area contributed by atoms with Gasteiger partial charge < -0.3 is 34.4 Å². The summed E-state index contributed by atoms with van der Waals surface area (Å²) >= 11 is 12.2. The molecule has 3 saturated heterocycles. The lowest BCUT2D eigenvalue weighted by molar-refractivity contribution is -0.152. The Morgan fingerprint density at radius 2 is 1.75 bits per heavy atom. The molecular weight excluding hydrogens is 669 g/mol. The van der Waals surface area contributed by atoms with Crippen molar-refractivity contribution in [2.24, 2.45) is 5.41 Å². The summed E-state index contributed by atoms with van der Waals surface area (Å²) in [6, 6.07) is 0. The number of β-amino-alcohol motifs (C(OH)–C–C–N with tert-alkyl or cyclic N) is 1. The van der Waals surface area contributed by atoms with Crippen molar-refractivity contribution < 1.29 is 28.9 Å². The van der Waals surface area contributed by atoms with Gasteiger partial charge in [-0.15, -0.1) is 0 Å². The average Bonchev–Trinajstić information content (AvgIpc) is 3.89. The SMILES string of the molecule is COC(=O)C12CCC(NC(=O)O[C@@H]3CCN(c4cn[nH]c(=O)c4Cl)C3)(CC1)C2.O=c1c(Cl)c(N2CC[C@@H](O)C2)cnn1C1CCCCO1.